The van der Waals surface area contributed by atoms with Crippen LogP contribution in [0.25, 0.3) is 0 Å². The second-order valence-electron chi connectivity index (χ2n) is 7.02. The first-order valence-corrected chi connectivity index (χ1v) is 10.5. The van der Waals surface area contributed by atoms with Gasteiger partial charge in [-0.3, -0.25) is 13.9 Å². The molecule has 0 unspecified atom stereocenters. The van der Waals surface area contributed by atoms with E-state index in [2.05, 4.69) is 35.2 Å². The maximum atomic E-state index is 12.7. The second-order valence-corrected chi connectivity index (χ2v) is 8.71. The summed E-state index contributed by atoms with van der Waals surface area (Å²) in [5.41, 5.74) is 1.42. The van der Waals surface area contributed by atoms with Crippen molar-refractivity contribution in [1.82, 2.24) is 9.80 Å². The third-order valence-corrected chi connectivity index (χ3v) is 6.69. The summed E-state index contributed by atoms with van der Waals surface area (Å²) < 4.78 is 11.5. The lowest BCUT2D eigenvalue weighted by Gasteiger charge is -2.38. The molecule has 2 aliphatic rings. The molecule has 0 aromatic heterocycles. The largest absolute Gasteiger partial charge is 0.340 e. The van der Waals surface area contributed by atoms with Gasteiger partial charge >= 0.3 is 0 Å². The van der Waals surface area contributed by atoms with E-state index in [1.54, 1.807) is 0 Å². The number of carbonyl (C=O) groups is 1. The molecule has 4 nitrogen and oxygen atoms in total. The summed E-state index contributed by atoms with van der Waals surface area (Å²) in [6, 6.07) is 10.6. The average Bonchev–Trinajstić information content (AvgIpc) is 2.63. The summed E-state index contributed by atoms with van der Waals surface area (Å²) >= 11 is 0. The van der Waals surface area contributed by atoms with Gasteiger partial charge in [-0.05, 0) is 50.8 Å². The summed E-state index contributed by atoms with van der Waals surface area (Å²) in [5.74, 6) is 2.21. The van der Waals surface area contributed by atoms with Crippen LogP contribution in [0.2, 0.25) is 0 Å². The smallest absolute Gasteiger partial charge is 0.239 e. The van der Waals surface area contributed by atoms with E-state index >= 15 is 0 Å². The fraction of sp³-hybridized carbons (Fsp3) is 0.632. The topological polar surface area (TPSA) is 40.6 Å². The highest BCUT2D eigenvalue weighted by Crippen LogP contribution is 2.23. The van der Waals surface area contributed by atoms with Crippen LogP contribution in [-0.4, -0.2) is 63.6 Å². The first-order chi connectivity index (χ1) is 11.6. The zero-order chi connectivity index (χ0) is 16.9. The Morgan fingerprint density at radius 3 is 2.38 bits per heavy atom. The van der Waals surface area contributed by atoms with Crippen LogP contribution in [0.4, 0.5) is 0 Å². The van der Waals surface area contributed by atoms with Crippen molar-refractivity contribution < 1.29 is 9.00 Å². The van der Waals surface area contributed by atoms with Crippen LogP contribution >= 0.6 is 0 Å². The molecular formula is C19H28N2O2S. The Hall–Kier alpha value is -1.20. The Labute approximate surface area is 147 Å². The second kappa shape index (κ2) is 8.26. The van der Waals surface area contributed by atoms with Crippen molar-refractivity contribution in [2.45, 2.75) is 32.2 Å². The molecule has 1 aromatic carbocycles. The van der Waals surface area contributed by atoms with Gasteiger partial charge in [-0.25, -0.2) is 0 Å². The Morgan fingerprint density at radius 1 is 1.12 bits per heavy atom. The van der Waals surface area contributed by atoms with Gasteiger partial charge in [0, 0.05) is 35.4 Å². The van der Waals surface area contributed by atoms with Gasteiger partial charge in [0.25, 0.3) is 0 Å². The van der Waals surface area contributed by atoms with Crippen LogP contribution < -0.4 is 0 Å². The SMILES string of the molecule is C[C@@H](C(=O)N1CCS(=O)CC1)N1CCC(Cc2ccccc2)CC1. The molecule has 2 heterocycles. The van der Waals surface area contributed by atoms with E-state index in [9.17, 15) is 9.00 Å². The van der Waals surface area contributed by atoms with Gasteiger partial charge in [-0.1, -0.05) is 30.3 Å². The number of hydrogen-bond acceptors (Lipinski definition) is 3. The van der Waals surface area contributed by atoms with Crippen molar-refractivity contribution in [3.05, 3.63) is 35.9 Å². The minimum atomic E-state index is -0.727. The first kappa shape index (κ1) is 17.6. The van der Waals surface area contributed by atoms with Crippen molar-refractivity contribution >= 4 is 16.7 Å². The Bertz CT molecular complexity index is 560. The number of likely N-dealkylation sites (tertiary alicyclic amines) is 1. The van der Waals surface area contributed by atoms with Gasteiger partial charge in [-0.2, -0.15) is 0 Å². The zero-order valence-corrected chi connectivity index (χ0v) is 15.3. The number of nitrogens with zero attached hydrogens (tertiary/aromatic N) is 2. The molecule has 2 aliphatic heterocycles. The van der Waals surface area contributed by atoms with E-state index in [-0.39, 0.29) is 11.9 Å². The van der Waals surface area contributed by atoms with E-state index in [0.717, 1.165) is 38.3 Å². The van der Waals surface area contributed by atoms with Crippen LogP contribution in [0.3, 0.4) is 0 Å². The molecule has 24 heavy (non-hydrogen) atoms. The van der Waals surface area contributed by atoms with Crippen LogP contribution in [0.15, 0.2) is 30.3 Å². The van der Waals surface area contributed by atoms with Gasteiger partial charge < -0.3 is 4.90 Å². The molecule has 1 aromatic rings. The lowest BCUT2D eigenvalue weighted by atomic mass is 9.89. The molecule has 3 rings (SSSR count). The molecule has 0 radical (unpaired) electrons. The van der Waals surface area contributed by atoms with Gasteiger partial charge in [0.15, 0.2) is 0 Å². The fourth-order valence-electron chi connectivity index (χ4n) is 3.77. The van der Waals surface area contributed by atoms with Crippen molar-refractivity contribution in [2.75, 3.05) is 37.7 Å². The molecular weight excluding hydrogens is 320 g/mol. The summed E-state index contributed by atoms with van der Waals surface area (Å²) in [6.45, 7) is 5.35. The Balaban J connectivity index is 1.47. The minimum Gasteiger partial charge on any atom is -0.340 e. The predicted octanol–water partition coefficient (Wildman–Crippen LogP) is 1.92. The van der Waals surface area contributed by atoms with E-state index in [1.165, 1.54) is 5.56 Å². The zero-order valence-electron chi connectivity index (χ0n) is 14.5. The van der Waals surface area contributed by atoms with Crippen molar-refractivity contribution in [1.29, 1.82) is 0 Å². The predicted molar refractivity (Wildman–Crippen MR) is 98.4 cm³/mol. The number of benzene rings is 1. The molecule has 0 spiro atoms. The Morgan fingerprint density at radius 2 is 1.75 bits per heavy atom. The normalized spacial score (nSPS) is 22.5. The fourth-order valence-corrected chi connectivity index (χ4v) is 4.82. The van der Waals surface area contributed by atoms with Crippen LogP contribution in [0, 0.1) is 5.92 Å². The summed E-state index contributed by atoms with van der Waals surface area (Å²) in [6.07, 6.45) is 3.47. The number of rotatable bonds is 4. The van der Waals surface area contributed by atoms with Gasteiger partial charge in [0.2, 0.25) is 5.91 Å². The van der Waals surface area contributed by atoms with Crippen molar-refractivity contribution in [2.24, 2.45) is 5.92 Å². The molecule has 132 valence electrons. The summed E-state index contributed by atoms with van der Waals surface area (Å²) in [5, 5.41) is 0. The maximum absolute atomic E-state index is 12.7. The standard InChI is InChI=1S/C19H28N2O2S/c1-16(19(22)21-11-13-24(23)14-12-21)20-9-7-18(8-10-20)15-17-5-3-2-4-6-17/h2-6,16,18H,7-15H2,1H3/t16-/m0/s1. The third-order valence-electron chi connectivity index (χ3n) is 5.41. The molecule has 0 aliphatic carbocycles. The number of amides is 1. The van der Waals surface area contributed by atoms with Crippen LogP contribution in [0.1, 0.15) is 25.3 Å². The van der Waals surface area contributed by atoms with E-state index < -0.39 is 10.8 Å². The highest BCUT2D eigenvalue weighted by molar-refractivity contribution is 7.85. The van der Waals surface area contributed by atoms with E-state index in [0.29, 0.717) is 24.6 Å². The van der Waals surface area contributed by atoms with Gasteiger partial charge in [0.05, 0.1) is 6.04 Å². The highest BCUT2D eigenvalue weighted by Gasteiger charge is 2.30. The molecule has 2 fully saturated rings. The Kier molecular flexibility index (Phi) is 6.06. The average molecular weight is 349 g/mol. The summed E-state index contributed by atoms with van der Waals surface area (Å²) in [7, 11) is -0.727. The van der Waals surface area contributed by atoms with Crippen LogP contribution in [-0.2, 0) is 22.0 Å². The lowest BCUT2D eigenvalue weighted by Crippen LogP contribution is -2.52. The van der Waals surface area contributed by atoms with E-state index in [4.69, 9.17) is 0 Å². The van der Waals surface area contributed by atoms with Crippen molar-refractivity contribution in [3.63, 3.8) is 0 Å². The molecule has 2 saturated heterocycles. The third kappa shape index (κ3) is 4.45. The molecule has 1 amide bonds. The monoisotopic (exact) mass is 348 g/mol. The molecule has 0 N–H and O–H groups in total. The van der Waals surface area contributed by atoms with Gasteiger partial charge in [-0.15, -0.1) is 0 Å². The quantitative estimate of drug-likeness (QED) is 0.835. The summed E-state index contributed by atoms with van der Waals surface area (Å²) in [4.78, 5) is 16.9. The lowest BCUT2D eigenvalue weighted by molar-refractivity contribution is -0.136. The maximum Gasteiger partial charge on any atom is 0.239 e. The highest BCUT2D eigenvalue weighted by atomic mass is 32.2. The van der Waals surface area contributed by atoms with Crippen LogP contribution in [0.5, 0.6) is 0 Å². The van der Waals surface area contributed by atoms with Gasteiger partial charge in [0.1, 0.15) is 0 Å². The minimum absolute atomic E-state index is 0.0470. The first-order valence-electron chi connectivity index (χ1n) is 9.05. The number of hydrogen-bond donors (Lipinski definition) is 0. The molecule has 1 atom stereocenters. The number of carbonyl (C=O) groups excluding carboxylic acids is 1. The molecule has 0 bridgehead atoms. The van der Waals surface area contributed by atoms with Crippen molar-refractivity contribution in [3.8, 4) is 0 Å². The molecule has 0 saturated carbocycles. The van der Waals surface area contributed by atoms with E-state index in [1.807, 2.05) is 11.8 Å². The molecule has 5 heteroatoms. The number of piperidine rings is 1.